The van der Waals surface area contributed by atoms with Gasteiger partial charge in [0.25, 0.3) is 0 Å². The second-order valence-electron chi connectivity index (χ2n) is 4.95. The first-order chi connectivity index (χ1) is 9.18. The molecule has 104 valence electrons. The van der Waals surface area contributed by atoms with Gasteiger partial charge in [-0.05, 0) is 26.0 Å². The first-order valence-corrected chi connectivity index (χ1v) is 6.84. The van der Waals surface area contributed by atoms with Gasteiger partial charge >= 0.3 is 0 Å². The van der Waals surface area contributed by atoms with Gasteiger partial charge in [0.1, 0.15) is 0 Å². The van der Waals surface area contributed by atoms with Gasteiger partial charge in [0.2, 0.25) is 5.91 Å². The molecule has 0 radical (unpaired) electrons. The Morgan fingerprint density at radius 3 is 2.74 bits per heavy atom. The molecule has 1 aliphatic rings. The lowest BCUT2D eigenvalue weighted by Crippen LogP contribution is -2.52. The second-order valence-corrected chi connectivity index (χ2v) is 4.95. The molecule has 19 heavy (non-hydrogen) atoms. The van der Waals surface area contributed by atoms with E-state index in [-0.39, 0.29) is 18.0 Å². The van der Waals surface area contributed by atoms with Crippen molar-refractivity contribution in [3.63, 3.8) is 0 Å². The van der Waals surface area contributed by atoms with Gasteiger partial charge in [0.05, 0.1) is 17.8 Å². The summed E-state index contributed by atoms with van der Waals surface area (Å²) in [5.74, 6) is 0.0695. The number of hydrogen-bond acceptors (Lipinski definition) is 4. The molecule has 1 aliphatic heterocycles. The number of carbonyl (C=O) groups excluding carboxylic acids is 1. The van der Waals surface area contributed by atoms with Gasteiger partial charge in [-0.3, -0.25) is 14.7 Å². The predicted molar refractivity (Wildman–Crippen MR) is 74.7 cm³/mol. The van der Waals surface area contributed by atoms with Crippen molar-refractivity contribution >= 4 is 5.91 Å². The van der Waals surface area contributed by atoms with Crippen LogP contribution in [0, 0.1) is 0 Å². The van der Waals surface area contributed by atoms with E-state index in [0.717, 1.165) is 31.9 Å². The number of hydrogen-bond donors (Lipinski definition) is 2. The van der Waals surface area contributed by atoms with Crippen molar-refractivity contribution in [1.82, 2.24) is 20.5 Å². The van der Waals surface area contributed by atoms with Crippen LogP contribution in [-0.4, -0.2) is 48.0 Å². The molecule has 1 amide bonds. The van der Waals surface area contributed by atoms with Crippen molar-refractivity contribution in [2.45, 2.75) is 25.9 Å². The fourth-order valence-electron chi connectivity index (χ4n) is 2.28. The van der Waals surface area contributed by atoms with Crippen LogP contribution in [0.15, 0.2) is 24.4 Å². The molecule has 2 unspecified atom stereocenters. The SMILES string of the molecule is CC(NC(=O)C(C)N1CCNCC1)c1ccccn1. The van der Waals surface area contributed by atoms with Crippen LogP contribution in [0.5, 0.6) is 0 Å². The molecule has 2 N–H and O–H groups in total. The summed E-state index contributed by atoms with van der Waals surface area (Å²) in [4.78, 5) is 18.7. The zero-order valence-electron chi connectivity index (χ0n) is 11.6. The van der Waals surface area contributed by atoms with E-state index in [4.69, 9.17) is 0 Å². The number of piperazine rings is 1. The monoisotopic (exact) mass is 262 g/mol. The van der Waals surface area contributed by atoms with E-state index >= 15 is 0 Å². The van der Waals surface area contributed by atoms with Crippen molar-refractivity contribution in [1.29, 1.82) is 0 Å². The van der Waals surface area contributed by atoms with E-state index in [1.165, 1.54) is 0 Å². The third-order valence-corrected chi connectivity index (χ3v) is 3.57. The zero-order chi connectivity index (χ0) is 13.7. The first kappa shape index (κ1) is 14.0. The summed E-state index contributed by atoms with van der Waals surface area (Å²) in [7, 11) is 0. The number of pyridine rings is 1. The molecular weight excluding hydrogens is 240 g/mol. The molecule has 2 heterocycles. The van der Waals surface area contributed by atoms with Crippen molar-refractivity contribution in [3.8, 4) is 0 Å². The summed E-state index contributed by atoms with van der Waals surface area (Å²) in [5.41, 5.74) is 0.892. The average molecular weight is 262 g/mol. The molecule has 2 atom stereocenters. The van der Waals surface area contributed by atoms with Gasteiger partial charge in [-0.15, -0.1) is 0 Å². The summed E-state index contributed by atoms with van der Waals surface area (Å²) < 4.78 is 0. The summed E-state index contributed by atoms with van der Waals surface area (Å²) >= 11 is 0. The lowest BCUT2D eigenvalue weighted by Gasteiger charge is -2.32. The molecule has 5 heteroatoms. The number of nitrogens with one attached hydrogen (secondary N) is 2. The molecule has 0 bridgehead atoms. The van der Waals surface area contributed by atoms with Crippen molar-refractivity contribution in [2.24, 2.45) is 0 Å². The van der Waals surface area contributed by atoms with Gasteiger partial charge in [0.15, 0.2) is 0 Å². The Morgan fingerprint density at radius 2 is 2.11 bits per heavy atom. The Morgan fingerprint density at radius 1 is 1.37 bits per heavy atom. The molecule has 0 aliphatic carbocycles. The van der Waals surface area contributed by atoms with Crippen LogP contribution in [0.25, 0.3) is 0 Å². The third-order valence-electron chi connectivity index (χ3n) is 3.57. The Bertz CT molecular complexity index is 403. The highest BCUT2D eigenvalue weighted by Crippen LogP contribution is 2.09. The third kappa shape index (κ3) is 3.75. The molecule has 0 spiro atoms. The minimum Gasteiger partial charge on any atom is -0.347 e. The number of nitrogens with zero attached hydrogens (tertiary/aromatic N) is 2. The van der Waals surface area contributed by atoms with Gasteiger partial charge in [-0.25, -0.2) is 0 Å². The van der Waals surface area contributed by atoms with Crippen LogP contribution in [0.1, 0.15) is 25.6 Å². The molecule has 1 fully saturated rings. The molecule has 0 saturated carbocycles. The van der Waals surface area contributed by atoms with E-state index in [0.29, 0.717) is 0 Å². The largest absolute Gasteiger partial charge is 0.347 e. The van der Waals surface area contributed by atoms with Crippen LogP contribution in [0.2, 0.25) is 0 Å². The van der Waals surface area contributed by atoms with E-state index in [1.807, 2.05) is 32.0 Å². The normalized spacial score (nSPS) is 19.7. The number of aromatic nitrogens is 1. The van der Waals surface area contributed by atoms with Crippen molar-refractivity contribution in [2.75, 3.05) is 26.2 Å². The maximum atomic E-state index is 12.2. The number of amides is 1. The summed E-state index contributed by atoms with van der Waals surface area (Å²) in [5, 5.41) is 6.32. The zero-order valence-corrected chi connectivity index (χ0v) is 11.6. The molecule has 1 saturated heterocycles. The van der Waals surface area contributed by atoms with Crippen LogP contribution in [0.4, 0.5) is 0 Å². The lowest BCUT2D eigenvalue weighted by atomic mass is 10.1. The Kier molecular flexibility index (Phi) is 4.87. The van der Waals surface area contributed by atoms with E-state index < -0.39 is 0 Å². The molecule has 1 aromatic heterocycles. The molecule has 0 aromatic carbocycles. The highest BCUT2D eigenvalue weighted by atomic mass is 16.2. The average Bonchev–Trinajstić information content (AvgIpc) is 2.48. The molecular formula is C14H22N4O. The molecule has 1 aromatic rings. The number of rotatable bonds is 4. The summed E-state index contributed by atoms with van der Waals surface area (Å²) in [6, 6.07) is 5.60. The fraction of sp³-hybridized carbons (Fsp3) is 0.571. The van der Waals surface area contributed by atoms with Crippen LogP contribution < -0.4 is 10.6 Å². The topological polar surface area (TPSA) is 57.3 Å². The quantitative estimate of drug-likeness (QED) is 0.832. The van der Waals surface area contributed by atoms with Crippen molar-refractivity contribution < 1.29 is 4.79 Å². The van der Waals surface area contributed by atoms with Gasteiger partial charge in [0, 0.05) is 32.4 Å². The minimum absolute atomic E-state index is 0.0564. The lowest BCUT2D eigenvalue weighted by molar-refractivity contribution is -0.126. The first-order valence-electron chi connectivity index (χ1n) is 6.84. The molecule has 5 nitrogen and oxygen atoms in total. The summed E-state index contributed by atoms with van der Waals surface area (Å²) in [6.45, 7) is 7.68. The molecule has 2 rings (SSSR count). The predicted octanol–water partition coefficient (Wildman–Crippen LogP) is 0.553. The van der Waals surface area contributed by atoms with Gasteiger partial charge in [-0.2, -0.15) is 0 Å². The highest BCUT2D eigenvalue weighted by Gasteiger charge is 2.23. The van der Waals surface area contributed by atoms with Crippen LogP contribution >= 0.6 is 0 Å². The maximum Gasteiger partial charge on any atom is 0.237 e. The van der Waals surface area contributed by atoms with Crippen LogP contribution in [0.3, 0.4) is 0 Å². The van der Waals surface area contributed by atoms with Gasteiger partial charge < -0.3 is 10.6 Å². The van der Waals surface area contributed by atoms with E-state index in [1.54, 1.807) is 6.20 Å². The Balaban J connectivity index is 1.89. The summed E-state index contributed by atoms with van der Waals surface area (Å²) in [6.07, 6.45) is 1.75. The van der Waals surface area contributed by atoms with E-state index in [2.05, 4.69) is 20.5 Å². The highest BCUT2D eigenvalue weighted by molar-refractivity contribution is 5.81. The Labute approximate surface area is 114 Å². The van der Waals surface area contributed by atoms with Crippen molar-refractivity contribution in [3.05, 3.63) is 30.1 Å². The van der Waals surface area contributed by atoms with E-state index in [9.17, 15) is 4.79 Å². The number of carbonyl (C=O) groups is 1. The minimum atomic E-state index is -0.0896. The fourth-order valence-corrected chi connectivity index (χ4v) is 2.28. The Hall–Kier alpha value is -1.46. The smallest absolute Gasteiger partial charge is 0.237 e. The van der Waals surface area contributed by atoms with Gasteiger partial charge in [-0.1, -0.05) is 6.07 Å². The van der Waals surface area contributed by atoms with Crippen LogP contribution in [-0.2, 0) is 4.79 Å². The maximum absolute atomic E-state index is 12.2. The standard InChI is InChI=1S/C14H22N4O/c1-11(13-5-3-4-6-16-13)17-14(19)12(2)18-9-7-15-8-10-18/h3-6,11-12,15H,7-10H2,1-2H3,(H,17,19). The second kappa shape index (κ2) is 6.63.